The average Bonchev–Trinajstić information content (AvgIpc) is 3.33. The normalized spacial score (nSPS) is 20.6. The summed E-state index contributed by atoms with van der Waals surface area (Å²) >= 11 is 6.11. The number of ether oxygens (including phenoxy) is 1. The van der Waals surface area contributed by atoms with Gasteiger partial charge in [-0.2, -0.15) is 0 Å². The third-order valence-corrected chi connectivity index (χ3v) is 6.49. The van der Waals surface area contributed by atoms with Crippen molar-refractivity contribution in [3.05, 3.63) is 92.0 Å². The van der Waals surface area contributed by atoms with Crippen molar-refractivity contribution in [1.82, 2.24) is 5.32 Å². The molecule has 0 amide bonds. The zero-order valence-corrected chi connectivity index (χ0v) is 18.7. The lowest BCUT2D eigenvalue weighted by atomic mass is 9.72. The fraction of sp³-hybridized carbons (Fsp3) is 0.240. The van der Waals surface area contributed by atoms with Crippen molar-refractivity contribution in [2.24, 2.45) is 0 Å². The van der Waals surface area contributed by atoms with Crippen molar-refractivity contribution >= 4 is 34.3 Å². The molecule has 1 aromatic carbocycles. The van der Waals surface area contributed by atoms with Gasteiger partial charge in [0.25, 0.3) is 0 Å². The molecule has 3 aromatic rings. The number of ketones is 1. The first-order valence-electron chi connectivity index (χ1n) is 10.5. The smallest absolute Gasteiger partial charge is 0.336 e. The maximum atomic E-state index is 13.5. The summed E-state index contributed by atoms with van der Waals surface area (Å²) < 4.78 is 16.3. The minimum atomic E-state index is -0.918. The number of esters is 1. The molecule has 1 aliphatic heterocycles. The van der Waals surface area contributed by atoms with Crippen molar-refractivity contribution in [3.8, 4) is 0 Å². The Morgan fingerprint density at radius 2 is 2.00 bits per heavy atom. The van der Waals surface area contributed by atoms with Crippen LogP contribution in [0.25, 0.3) is 11.0 Å². The third kappa shape index (κ3) is 3.49. The molecule has 0 saturated carbocycles. The van der Waals surface area contributed by atoms with Crippen LogP contribution in [0.15, 0.2) is 79.0 Å². The van der Waals surface area contributed by atoms with Gasteiger partial charge in [-0.3, -0.25) is 9.59 Å². The van der Waals surface area contributed by atoms with Crippen LogP contribution in [0.5, 0.6) is 0 Å². The van der Waals surface area contributed by atoms with Gasteiger partial charge in [0.05, 0.1) is 36.5 Å². The number of Topliss-reactive ketones (excluding diaryl/α,β-unsaturated/α-hetero) is 1. The number of nitrogens with one attached hydrogen (secondary N) is 1. The first kappa shape index (κ1) is 21.3. The summed E-state index contributed by atoms with van der Waals surface area (Å²) in [5.41, 5.74) is 1.95. The summed E-state index contributed by atoms with van der Waals surface area (Å²) in [6, 6.07) is 8.38. The van der Waals surface area contributed by atoms with Gasteiger partial charge in [0.15, 0.2) is 11.2 Å². The molecule has 7 nitrogen and oxygen atoms in total. The molecule has 1 N–H and O–H groups in total. The number of fused-ring (bicyclic) bond motifs is 1. The van der Waals surface area contributed by atoms with Gasteiger partial charge in [-0.1, -0.05) is 11.6 Å². The highest BCUT2D eigenvalue weighted by molar-refractivity contribution is 6.31. The van der Waals surface area contributed by atoms with E-state index in [4.69, 9.17) is 25.2 Å². The maximum Gasteiger partial charge on any atom is 0.336 e. The summed E-state index contributed by atoms with van der Waals surface area (Å²) in [5, 5.41) is 3.87. The lowest BCUT2D eigenvalue weighted by Crippen LogP contribution is -2.37. The number of benzene rings is 1. The molecule has 0 spiro atoms. The molecule has 0 bridgehead atoms. The van der Waals surface area contributed by atoms with Crippen LogP contribution in [-0.2, 0) is 14.3 Å². The monoisotopic (exact) mass is 465 g/mol. The molecule has 168 valence electrons. The number of hydrogen-bond donors (Lipinski definition) is 1. The van der Waals surface area contributed by atoms with E-state index in [0.717, 1.165) is 0 Å². The van der Waals surface area contributed by atoms with E-state index < -0.39 is 11.9 Å². The molecule has 0 radical (unpaired) electrons. The molecule has 1 aliphatic carbocycles. The van der Waals surface area contributed by atoms with Crippen molar-refractivity contribution in [3.63, 3.8) is 0 Å². The van der Waals surface area contributed by atoms with E-state index in [0.29, 0.717) is 39.8 Å². The van der Waals surface area contributed by atoms with Crippen LogP contribution in [0.1, 0.15) is 42.9 Å². The van der Waals surface area contributed by atoms with Gasteiger partial charge in [0.2, 0.25) is 0 Å². The topological polar surface area (TPSA) is 98.8 Å². The van der Waals surface area contributed by atoms with E-state index in [-0.39, 0.29) is 40.1 Å². The van der Waals surface area contributed by atoms with Crippen LogP contribution in [0.3, 0.4) is 0 Å². The quantitative estimate of drug-likeness (QED) is 0.565. The lowest BCUT2D eigenvalue weighted by molar-refractivity contribution is -0.136. The van der Waals surface area contributed by atoms with Gasteiger partial charge in [0.1, 0.15) is 11.3 Å². The van der Waals surface area contributed by atoms with Crippen LogP contribution in [0.4, 0.5) is 0 Å². The van der Waals surface area contributed by atoms with Gasteiger partial charge < -0.3 is 18.9 Å². The summed E-state index contributed by atoms with van der Waals surface area (Å²) in [6.07, 6.45) is 3.60. The summed E-state index contributed by atoms with van der Waals surface area (Å²) in [4.78, 5) is 39.8. The highest BCUT2D eigenvalue weighted by atomic mass is 35.5. The molecule has 0 unspecified atom stereocenters. The molecule has 8 heteroatoms. The van der Waals surface area contributed by atoms with Crippen molar-refractivity contribution < 1.29 is 23.2 Å². The Balaban J connectivity index is 1.71. The Bertz CT molecular complexity index is 1410. The fourth-order valence-corrected chi connectivity index (χ4v) is 4.94. The van der Waals surface area contributed by atoms with E-state index in [1.54, 1.807) is 31.4 Å². The Labute approximate surface area is 193 Å². The number of allylic oxidation sites excluding steroid dienone is 3. The Hall–Kier alpha value is -3.58. The zero-order valence-electron chi connectivity index (χ0n) is 17.9. The first-order valence-corrected chi connectivity index (χ1v) is 10.8. The second-order valence-electron chi connectivity index (χ2n) is 8.18. The summed E-state index contributed by atoms with van der Waals surface area (Å²) in [5.74, 6) is -1.14. The van der Waals surface area contributed by atoms with E-state index in [2.05, 4.69) is 5.32 Å². The van der Waals surface area contributed by atoms with E-state index in [1.165, 1.54) is 19.4 Å². The molecule has 33 heavy (non-hydrogen) atoms. The molecule has 0 fully saturated rings. The highest BCUT2D eigenvalue weighted by Gasteiger charge is 2.43. The number of hydrogen-bond acceptors (Lipinski definition) is 7. The zero-order chi connectivity index (χ0) is 23.3. The Kier molecular flexibility index (Phi) is 5.21. The Morgan fingerprint density at radius 3 is 2.73 bits per heavy atom. The van der Waals surface area contributed by atoms with Crippen LogP contribution in [0.2, 0.25) is 5.02 Å². The number of methoxy groups -OCH3 is 1. The van der Waals surface area contributed by atoms with Crippen molar-refractivity contribution in [1.29, 1.82) is 0 Å². The second-order valence-corrected chi connectivity index (χ2v) is 8.62. The largest absolute Gasteiger partial charge is 0.469 e. The van der Waals surface area contributed by atoms with E-state index in [1.807, 2.05) is 6.07 Å². The Morgan fingerprint density at radius 1 is 1.18 bits per heavy atom. The SMILES string of the molecule is COC(=O)C1=C(C)NC2=C(C(=O)C[C@@H](c3ccco3)C2)[C@H]1c1coc2ccc(Cl)cc2c1=O. The van der Waals surface area contributed by atoms with Gasteiger partial charge in [0, 0.05) is 39.9 Å². The molecule has 2 aliphatic rings. The molecule has 0 saturated heterocycles. The van der Waals surface area contributed by atoms with Gasteiger partial charge in [-0.05, 0) is 43.7 Å². The number of dihydropyridines is 1. The fourth-order valence-electron chi connectivity index (χ4n) is 4.77. The second kappa shape index (κ2) is 8.08. The summed E-state index contributed by atoms with van der Waals surface area (Å²) in [6.45, 7) is 1.73. The first-order chi connectivity index (χ1) is 15.9. The van der Waals surface area contributed by atoms with Gasteiger partial charge in [-0.25, -0.2) is 4.79 Å². The number of carbonyl (C=O) groups excluding carboxylic acids is 2. The standard InChI is InChI=1S/C25H20ClNO6/c1-12-21(25(30)31-2)22(16-11-33-20-6-5-14(26)10-15(20)24(16)29)23-17(27-12)8-13(9-18(23)28)19-4-3-7-32-19/h3-7,10-11,13,22,27H,8-9H2,1-2H3/t13-,22-/m0/s1. The third-order valence-electron chi connectivity index (χ3n) is 6.25. The van der Waals surface area contributed by atoms with Gasteiger partial charge in [-0.15, -0.1) is 0 Å². The van der Waals surface area contributed by atoms with Gasteiger partial charge >= 0.3 is 5.97 Å². The van der Waals surface area contributed by atoms with Crippen molar-refractivity contribution in [2.75, 3.05) is 7.11 Å². The molecule has 2 aromatic heterocycles. The van der Waals surface area contributed by atoms with Crippen LogP contribution in [0, 0.1) is 0 Å². The van der Waals surface area contributed by atoms with Crippen molar-refractivity contribution in [2.45, 2.75) is 31.6 Å². The van der Waals surface area contributed by atoms with Crippen LogP contribution in [-0.4, -0.2) is 18.9 Å². The molecular formula is C25H20ClNO6. The number of halogens is 1. The highest BCUT2D eigenvalue weighted by Crippen LogP contribution is 2.45. The molecular weight excluding hydrogens is 446 g/mol. The average molecular weight is 466 g/mol. The van der Waals surface area contributed by atoms with E-state index in [9.17, 15) is 14.4 Å². The lowest BCUT2D eigenvalue weighted by Gasteiger charge is -2.35. The van der Waals surface area contributed by atoms with Crippen LogP contribution < -0.4 is 10.7 Å². The number of rotatable bonds is 3. The molecule has 3 heterocycles. The van der Waals surface area contributed by atoms with Crippen LogP contribution >= 0.6 is 11.6 Å². The number of furan rings is 1. The minimum absolute atomic E-state index is 0.140. The summed E-state index contributed by atoms with van der Waals surface area (Å²) in [7, 11) is 1.27. The predicted octanol–water partition coefficient (Wildman–Crippen LogP) is 4.57. The predicted molar refractivity (Wildman–Crippen MR) is 121 cm³/mol. The molecule has 2 atom stereocenters. The minimum Gasteiger partial charge on any atom is -0.469 e. The number of carbonyl (C=O) groups is 2. The maximum absolute atomic E-state index is 13.5. The van der Waals surface area contributed by atoms with E-state index >= 15 is 0 Å². The molecule has 5 rings (SSSR count).